The van der Waals surface area contributed by atoms with Crippen LogP contribution in [-0.4, -0.2) is 59.0 Å². The second kappa shape index (κ2) is 11.3. The highest BCUT2D eigenvalue weighted by molar-refractivity contribution is 7.15. The molecule has 1 fully saturated rings. The molecule has 1 aliphatic carbocycles. The maximum Gasteiger partial charge on any atom is 0.325 e. The molecule has 12 nitrogen and oxygen atoms in total. The number of carbonyl (C=O) groups is 2. The van der Waals surface area contributed by atoms with E-state index in [0.717, 1.165) is 23.4 Å². The van der Waals surface area contributed by atoms with Crippen LogP contribution in [0.25, 0.3) is 11.0 Å². The Morgan fingerprint density at radius 1 is 1.03 bits per heavy atom. The number of carbonyl (C=O) groups excluding carboxylic acids is 2. The summed E-state index contributed by atoms with van der Waals surface area (Å²) in [4.78, 5) is 31.7. The Labute approximate surface area is 215 Å². The van der Waals surface area contributed by atoms with Crippen molar-refractivity contribution in [2.45, 2.75) is 18.8 Å². The van der Waals surface area contributed by atoms with Gasteiger partial charge in [0.2, 0.25) is 11.1 Å². The molecule has 1 saturated carbocycles. The van der Waals surface area contributed by atoms with Crippen LogP contribution in [0.1, 0.15) is 23.8 Å². The Kier molecular flexibility index (Phi) is 7.54. The van der Waals surface area contributed by atoms with E-state index in [1.165, 1.54) is 11.3 Å². The van der Waals surface area contributed by atoms with Gasteiger partial charge in [-0.1, -0.05) is 11.3 Å². The van der Waals surface area contributed by atoms with Gasteiger partial charge in [-0.3, -0.25) is 15.4 Å². The van der Waals surface area contributed by atoms with Gasteiger partial charge < -0.3 is 24.5 Å². The van der Waals surface area contributed by atoms with Gasteiger partial charge in [-0.2, -0.15) is 0 Å². The number of aromatic amines is 1. The molecule has 4 N–H and O–H groups in total. The number of fused-ring (bicyclic) bond motifs is 1. The highest BCUT2D eigenvalue weighted by Crippen LogP contribution is 2.42. The van der Waals surface area contributed by atoms with Crippen molar-refractivity contribution in [1.29, 1.82) is 0 Å². The molecule has 192 valence electrons. The Bertz CT molecular complexity index is 1380. The van der Waals surface area contributed by atoms with E-state index in [0.29, 0.717) is 52.9 Å². The van der Waals surface area contributed by atoms with Crippen molar-refractivity contribution in [3.63, 3.8) is 0 Å². The summed E-state index contributed by atoms with van der Waals surface area (Å²) in [5.41, 5.74) is 1.98. The lowest BCUT2D eigenvalue weighted by molar-refractivity contribution is -0.121. The van der Waals surface area contributed by atoms with Gasteiger partial charge in [0.15, 0.2) is 0 Å². The van der Waals surface area contributed by atoms with Crippen LogP contribution in [0.5, 0.6) is 11.5 Å². The smallest absolute Gasteiger partial charge is 0.325 e. The lowest BCUT2D eigenvalue weighted by atomic mass is 10.3. The fraction of sp³-hybridized carbons (Fsp3) is 0.292. The third-order valence-corrected chi connectivity index (χ3v) is 6.31. The maximum atomic E-state index is 12.3. The minimum atomic E-state index is -0.388. The summed E-state index contributed by atoms with van der Waals surface area (Å²) >= 11 is 1.40. The first-order chi connectivity index (χ1) is 18.1. The Morgan fingerprint density at radius 2 is 1.84 bits per heavy atom. The molecule has 2 aromatic carbocycles. The summed E-state index contributed by atoms with van der Waals surface area (Å²) in [6, 6.07) is 11.9. The monoisotopic (exact) mass is 523 g/mol. The maximum absolute atomic E-state index is 12.3. The number of hydrogen-bond acceptors (Lipinski definition) is 9. The first-order valence-corrected chi connectivity index (χ1v) is 12.4. The first-order valence-electron chi connectivity index (χ1n) is 11.6. The Morgan fingerprint density at radius 3 is 2.62 bits per heavy atom. The zero-order chi connectivity index (χ0) is 25.6. The van der Waals surface area contributed by atoms with Gasteiger partial charge in [0, 0.05) is 24.8 Å². The lowest BCUT2D eigenvalue weighted by Crippen LogP contribution is -2.20. The van der Waals surface area contributed by atoms with E-state index in [1.807, 2.05) is 6.07 Å². The number of anilines is 3. The lowest BCUT2D eigenvalue weighted by Gasteiger charge is -2.08. The van der Waals surface area contributed by atoms with Crippen molar-refractivity contribution in [2.75, 3.05) is 42.9 Å². The summed E-state index contributed by atoms with van der Waals surface area (Å²) in [5.74, 6) is 1.65. The zero-order valence-corrected chi connectivity index (χ0v) is 20.8. The predicted octanol–water partition coefficient (Wildman–Crippen LogP) is 4.33. The van der Waals surface area contributed by atoms with Gasteiger partial charge in [0.1, 0.15) is 23.1 Å². The average molecular weight is 524 g/mol. The second-order valence-corrected chi connectivity index (χ2v) is 9.29. The third-order valence-electron chi connectivity index (χ3n) is 5.31. The summed E-state index contributed by atoms with van der Waals surface area (Å²) < 4.78 is 16.0. The van der Waals surface area contributed by atoms with Crippen LogP contribution >= 0.6 is 11.3 Å². The minimum Gasteiger partial charge on any atom is -0.457 e. The Balaban J connectivity index is 1.13. The van der Waals surface area contributed by atoms with Gasteiger partial charge in [-0.05, 0) is 49.2 Å². The molecule has 5 rings (SSSR count). The molecule has 4 aromatic rings. The number of hydrogen-bond donors (Lipinski definition) is 4. The van der Waals surface area contributed by atoms with Crippen molar-refractivity contribution in [1.82, 2.24) is 20.2 Å². The fourth-order valence-electron chi connectivity index (χ4n) is 3.37. The van der Waals surface area contributed by atoms with Crippen molar-refractivity contribution in [3.8, 4) is 11.5 Å². The molecule has 0 spiro atoms. The molecular formula is C24H25N7O5S. The Hall–Kier alpha value is -4.07. The number of amides is 3. The van der Waals surface area contributed by atoms with Gasteiger partial charge in [0.25, 0.3) is 5.91 Å². The van der Waals surface area contributed by atoms with E-state index in [2.05, 4.69) is 36.1 Å². The topological polar surface area (TPSA) is 152 Å². The predicted molar refractivity (Wildman–Crippen MR) is 138 cm³/mol. The summed E-state index contributed by atoms with van der Waals surface area (Å²) in [7, 11) is 1.57. The molecule has 37 heavy (non-hydrogen) atoms. The molecule has 13 heteroatoms. The number of rotatable bonds is 11. The minimum absolute atomic E-state index is 0.0925. The van der Waals surface area contributed by atoms with Gasteiger partial charge in [-0.15, -0.1) is 10.2 Å². The van der Waals surface area contributed by atoms with E-state index in [1.54, 1.807) is 43.5 Å². The highest BCUT2D eigenvalue weighted by atomic mass is 32.1. The number of methoxy groups -OCH3 is 1. The summed E-state index contributed by atoms with van der Waals surface area (Å²) in [5, 5.41) is 17.7. The van der Waals surface area contributed by atoms with E-state index < -0.39 is 0 Å². The third kappa shape index (κ3) is 6.78. The molecule has 2 aromatic heterocycles. The van der Waals surface area contributed by atoms with E-state index in [4.69, 9.17) is 14.2 Å². The van der Waals surface area contributed by atoms with Crippen LogP contribution in [0.2, 0.25) is 0 Å². The molecule has 0 unspecified atom stereocenters. The van der Waals surface area contributed by atoms with Crippen LogP contribution in [0.4, 0.5) is 21.6 Å². The van der Waals surface area contributed by atoms with Crippen molar-refractivity contribution < 1.29 is 23.8 Å². The molecule has 1 aliphatic rings. The molecule has 0 saturated heterocycles. The standard InChI is InChI=1S/C24H25N7O5S/c1-34-10-11-35-13-20(32)28-22-26-18-9-8-17(12-19(18)27-22)36-16-6-4-15(5-7-16)25-23(33)29-24-31-30-21(37-24)14-2-3-14/h4-9,12,14H,2-3,10-11,13H2,1H3,(H2,25,29,31,33)(H2,26,27,28,32). The highest BCUT2D eigenvalue weighted by Gasteiger charge is 2.27. The number of aromatic nitrogens is 4. The van der Waals surface area contributed by atoms with E-state index in [9.17, 15) is 9.59 Å². The van der Waals surface area contributed by atoms with Crippen LogP contribution in [0, 0.1) is 0 Å². The van der Waals surface area contributed by atoms with Crippen molar-refractivity contribution in [2.24, 2.45) is 0 Å². The van der Waals surface area contributed by atoms with Crippen LogP contribution < -0.4 is 20.7 Å². The molecule has 3 amide bonds. The average Bonchev–Trinajstić information content (AvgIpc) is 3.50. The van der Waals surface area contributed by atoms with E-state index >= 15 is 0 Å². The number of ether oxygens (including phenoxy) is 3. The molecule has 2 heterocycles. The summed E-state index contributed by atoms with van der Waals surface area (Å²) in [6.07, 6.45) is 2.27. The quantitative estimate of drug-likeness (QED) is 0.212. The number of benzene rings is 2. The molecule has 0 aliphatic heterocycles. The molecule has 0 bridgehead atoms. The number of H-pyrrole nitrogens is 1. The van der Waals surface area contributed by atoms with E-state index in [-0.39, 0.29) is 18.5 Å². The molecule has 0 radical (unpaired) electrons. The van der Waals surface area contributed by atoms with Crippen LogP contribution in [0.3, 0.4) is 0 Å². The normalized spacial score (nSPS) is 12.9. The van der Waals surface area contributed by atoms with Crippen molar-refractivity contribution >= 4 is 51.1 Å². The first kappa shape index (κ1) is 24.6. The van der Waals surface area contributed by atoms with Gasteiger partial charge in [0.05, 0.1) is 24.2 Å². The number of nitrogens with one attached hydrogen (secondary N) is 4. The fourth-order valence-corrected chi connectivity index (χ4v) is 4.27. The zero-order valence-electron chi connectivity index (χ0n) is 19.9. The van der Waals surface area contributed by atoms with Crippen molar-refractivity contribution in [3.05, 3.63) is 47.5 Å². The van der Waals surface area contributed by atoms with Gasteiger partial charge >= 0.3 is 6.03 Å². The SMILES string of the molecule is COCCOCC(=O)Nc1nc2cc(Oc3ccc(NC(=O)Nc4nnc(C5CC5)s4)cc3)ccc2[nH]1. The van der Waals surface area contributed by atoms with Crippen LogP contribution in [0.15, 0.2) is 42.5 Å². The molecular weight excluding hydrogens is 498 g/mol. The largest absolute Gasteiger partial charge is 0.457 e. The number of urea groups is 1. The number of imidazole rings is 1. The van der Waals surface area contributed by atoms with Gasteiger partial charge in [-0.25, -0.2) is 9.78 Å². The second-order valence-electron chi connectivity index (χ2n) is 8.28. The summed E-state index contributed by atoms with van der Waals surface area (Å²) in [6.45, 7) is 0.659. The number of nitrogens with zero attached hydrogens (tertiary/aromatic N) is 3. The molecule has 0 atom stereocenters. The van der Waals surface area contributed by atoms with Crippen LogP contribution in [-0.2, 0) is 14.3 Å².